The van der Waals surface area contributed by atoms with Crippen LogP contribution in [0.25, 0.3) is 0 Å². The standard InChI is InChI=1S/C14H21ClN2O/c1-11-3-4-12(15)9-14(11)17-7-6-16(2)10-13(17)5-8-18/h3-4,9,13,18H,5-8,10H2,1-2H3. The topological polar surface area (TPSA) is 26.7 Å². The second-order valence-electron chi connectivity index (χ2n) is 5.05. The van der Waals surface area contributed by atoms with E-state index in [-0.39, 0.29) is 6.61 Å². The van der Waals surface area contributed by atoms with Gasteiger partial charge in [0.2, 0.25) is 0 Å². The number of likely N-dealkylation sites (N-methyl/N-ethyl adjacent to an activating group) is 1. The normalized spacial score (nSPS) is 21.3. The molecule has 1 unspecified atom stereocenters. The molecule has 0 saturated carbocycles. The van der Waals surface area contributed by atoms with E-state index in [2.05, 4.69) is 29.8 Å². The Morgan fingerprint density at radius 1 is 1.39 bits per heavy atom. The van der Waals surface area contributed by atoms with Gasteiger partial charge >= 0.3 is 0 Å². The fourth-order valence-corrected chi connectivity index (χ4v) is 2.78. The number of aliphatic hydroxyl groups excluding tert-OH is 1. The van der Waals surface area contributed by atoms with Gasteiger partial charge in [-0.2, -0.15) is 0 Å². The van der Waals surface area contributed by atoms with Crippen molar-refractivity contribution in [3.63, 3.8) is 0 Å². The minimum Gasteiger partial charge on any atom is -0.396 e. The molecular weight excluding hydrogens is 248 g/mol. The molecule has 1 saturated heterocycles. The zero-order valence-electron chi connectivity index (χ0n) is 11.1. The number of aryl methyl sites for hydroxylation is 1. The van der Waals surface area contributed by atoms with Gasteiger partial charge in [-0.25, -0.2) is 0 Å². The molecule has 0 radical (unpaired) electrons. The van der Waals surface area contributed by atoms with Crippen molar-refractivity contribution in [1.82, 2.24) is 4.90 Å². The van der Waals surface area contributed by atoms with Crippen molar-refractivity contribution in [2.45, 2.75) is 19.4 Å². The molecule has 100 valence electrons. The van der Waals surface area contributed by atoms with Gasteiger partial charge in [0, 0.05) is 43.0 Å². The summed E-state index contributed by atoms with van der Waals surface area (Å²) in [7, 11) is 2.13. The fraction of sp³-hybridized carbons (Fsp3) is 0.571. The molecule has 0 amide bonds. The maximum atomic E-state index is 9.22. The Bertz CT molecular complexity index is 411. The third-order valence-corrected chi connectivity index (χ3v) is 3.86. The van der Waals surface area contributed by atoms with Crippen molar-refractivity contribution < 1.29 is 5.11 Å². The number of aliphatic hydroxyl groups is 1. The molecule has 18 heavy (non-hydrogen) atoms. The second-order valence-corrected chi connectivity index (χ2v) is 5.49. The molecule has 3 nitrogen and oxygen atoms in total. The first-order valence-corrected chi connectivity index (χ1v) is 6.82. The van der Waals surface area contributed by atoms with E-state index in [0.29, 0.717) is 6.04 Å². The molecule has 1 atom stereocenters. The lowest BCUT2D eigenvalue weighted by molar-refractivity contribution is 0.219. The summed E-state index contributed by atoms with van der Waals surface area (Å²) >= 11 is 6.10. The molecule has 1 heterocycles. The number of benzene rings is 1. The van der Waals surface area contributed by atoms with Gasteiger partial charge in [-0.1, -0.05) is 17.7 Å². The first-order chi connectivity index (χ1) is 8.61. The molecule has 2 rings (SSSR count). The van der Waals surface area contributed by atoms with E-state index in [0.717, 1.165) is 31.1 Å². The average Bonchev–Trinajstić information content (AvgIpc) is 2.33. The minimum absolute atomic E-state index is 0.231. The lowest BCUT2D eigenvalue weighted by Gasteiger charge is -2.42. The van der Waals surface area contributed by atoms with Crippen LogP contribution in [0.5, 0.6) is 0 Å². The van der Waals surface area contributed by atoms with Gasteiger partial charge in [-0.3, -0.25) is 0 Å². The van der Waals surface area contributed by atoms with Gasteiger partial charge in [0.1, 0.15) is 0 Å². The summed E-state index contributed by atoms with van der Waals surface area (Å²) in [5.74, 6) is 0. The quantitative estimate of drug-likeness (QED) is 0.910. The van der Waals surface area contributed by atoms with Crippen molar-refractivity contribution >= 4 is 17.3 Å². The van der Waals surface area contributed by atoms with Crippen LogP contribution in [0.1, 0.15) is 12.0 Å². The summed E-state index contributed by atoms with van der Waals surface area (Å²) in [6.45, 7) is 5.37. The molecular formula is C14H21ClN2O. The Morgan fingerprint density at radius 2 is 2.17 bits per heavy atom. The van der Waals surface area contributed by atoms with Crippen LogP contribution in [0.15, 0.2) is 18.2 Å². The Morgan fingerprint density at radius 3 is 2.89 bits per heavy atom. The van der Waals surface area contributed by atoms with E-state index in [1.807, 2.05) is 12.1 Å². The van der Waals surface area contributed by atoms with Crippen LogP contribution >= 0.6 is 11.6 Å². The smallest absolute Gasteiger partial charge is 0.0451 e. The van der Waals surface area contributed by atoms with Crippen LogP contribution in [-0.4, -0.2) is 49.3 Å². The van der Waals surface area contributed by atoms with Crippen molar-refractivity contribution in [2.24, 2.45) is 0 Å². The number of anilines is 1. The van der Waals surface area contributed by atoms with E-state index < -0.39 is 0 Å². The van der Waals surface area contributed by atoms with Crippen molar-refractivity contribution in [3.05, 3.63) is 28.8 Å². The van der Waals surface area contributed by atoms with Gasteiger partial charge in [0.15, 0.2) is 0 Å². The molecule has 1 aromatic carbocycles. The monoisotopic (exact) mass is 268 g/mol. The van der Waals surface area contributed by atoms with Crippen molar-refractivity contribution in [1.29, 1.82) is 0 Å². The third-order valence-electron chi connectivity index (χ3n) is 3.63. The van der Waals surface area contributed by atoms with E-state index in [4.69, 9.17) is 11.6 Å². The highest BCUT2D eigenvalue weighted by atomic mass is 35.5. The van der Waals surface area contributed by atoms with E-state index in [1.165, 1.54) is 11.3 Å². The number of piperazine rings is 1. The zero-order chi connectivity index (χ0) is 13.1. The van der Waals surface area contributed by atoms with E-state index in [1.54, 1.807) is 0 Å². The van der Waals surface area contributed by atoms with Crippen LogP contribution < -0.4 is 4.90 Å². The molecule has 1 aromatic rings. The number of hydrogen-bond donors (Lipinski definition) is 1. The van der Waals surface area contributed by atoms with Crippen molar-refractivity contribution in [2.75, 3.05) is 38.2 Å². The molecule has 1 N–H and O–H groups in total. The molecule has 0 aromatic heterocycles. The highest BCUT2D eigenvalue weighted by molar-refractivity contribution is 6.30. The van der Waals surface area contributed by atoms with Crippen LogP contribution in [0, 0.1) is 6.92 Å². The van der Waals surface area contributed by atoms with Crippen LogP contribution in [0.2, 0.25) is 5.02 Å². The molecule has 0 bridgehead atoms. The Balaban J connectivity index is 2.26. The molecule has 0 spiro atoms. The SMILES string of the molecule is Cc1ccc(Cl)cc1N1CCN(C)CC1CCO. The van der Waals surface area contributed by atoms with Crippen LogP contribution in [-0.2, 0) is 0 Å². The predicted molar refractivity (Wildman–Crippen MR) is 76.5 cm³/mol. The Kier molecular flexibility index (Phi) is 4.49. The summed E-state index contributed by atoms with van der Waals surface area (Å²) in [5.41, 5.74) is 2.45. The summed E-state index contributed by atoms with van der Waals surface area (Å²) < 4.78 is 0. The number of rotatable bonds is 3. The predicted octanol–water partition coefficient (Wildman–Crippen LogP) is 2.15. The first kappa shape index (κ1) is 13.7. The summed E-state index contributed by atoms with van der Waals surface area (Å²) in [6, 6.07) is 6.39. The van der Waals surface area contributed by atoms with E-state index >= 15 is 0 Å². The van der Waals surface area contributed by atoms with Crippen molar-refractivity contribution in [3.8, 4) is 0 Å². The lowest BCUT2D eigenvalue weighted by atomic mass is 10.1. The van der Waals surface area contributed by atoms with Gasteiger partial charge in [0.25, 0.3) is 0 Å². The first-order valence-electron chi connectivity index (χ1n) is 6.44. The lowest BCUT2D eigenvalue weighted by Crippen LogP contribution is -2.52. The second kappa shape index (κ2) is 5.91. The van der Waals surface area contributed by atoms with E-state index in [9.17, 15) is 5.11 Å². The van der Waals surface area contributed by atoms with Crippen LogP contribution in [0.4, 0.5) is 5.69 Å². The molecule has 0 aliphatic carbocycles. The van der Waals surface area contributed by atoms with Gasteiger partial charge in [-0.05, 0) is 38.1 Å². The highest BCUT2D eigenvalue weighted by Crippen LogP contribution is 2.28. The number of halogens is 1. The Labute approximate surface area is 114 Å². The van der Waals surface area contributed by atoms with Gasteiger partial charge in [-0.15, -0.1) is 0 Å². The maximum absolute atomic E-state index is 9.22. The average molecular weight is 269 g/mol. The maximum Gasteiger partial charge on any atom is 0.0451 e. The zero-order valence-corrected chi connectivity index (χ0v) is 11.8. The number of hydrogen-bond acceptors (Lipinski definition) is 3. The fourth-order valence-electron chi connectivity index (χ4n) is 2.62. The molecule has 1 fully saturated rings. The molecule has 4 heteroatoms. The van der Waals surface area contributed by atoms with Crippen LogP contribution in [0.3, 0.4) is 0 Å². The molecule has 1 aliphatic rings. The minimum atomic E-state index is 0.231. The van der Waals surface area contributed by atoms with Gasteiger partial charge in [0.05, 0.1) is 0 Å². The summed E-state index contributed by atoms with van der Waals surface area (Å²) in [4.78, 5) is 4.70. The summed E-state index contributed by atoms with van der Waals surface area (Å²) in [5, 5.41) is 10.00. The summed E-state index contributed by atoms with van der Waals surface area (Å²) in [6.07, 6.45) is 0.802. The number of nitrogens with zero attached hydrogens (tertiary/aromatic N) is 2. The largest absolute Gasteiger partial charge is 0.396 e. The highest BCUT2D eigenvalue weighted by Gasteiger charge is 2.25. The van der Waals surface area contributed by atoms with Gasteiger partial charge < -0.3 is 14.9 Å². The third kappa shape index (κ3) is 2.97. The molecule has 1 aliphatic heterocycles. The Hall–Kier alpha value is -0.770.